The Balaban J connectivity index is 1.23. The van der Waals surface area contributed by atoms with Gasteiger partial charge in [-0.3, -0.25) is 14.3 Å². The van der Waals surface area contributed by atoms with Crippen molar-refractivity contribution < 1.29 is 18.5 Å². The van der Waals surface area contributed by atoms with E-state index in [-0.39, 0.29) is 30.8 Å². The molecule has 3 heterocycles. The van der Waals surface area contributed by atoms with Crippen molar-refractivity contribution in [1.82, 2.24) is 14.2 Å². The Bertz CT molecular complexity index is 2220. The second-order valence-corrected chi connectivity index (χ2v) is 14.6. The first-order valence-electron chi connectivity index (χ1n) is 16.7. The zero-order chi connectivity index (χ0) is 34.4. The van der Waals surface area contributed by atoms with Crippen molar-refractivity contribution in [2.75, 3.05) is 19.8 Å². The fourth-order valence-electron chi connectivity index (χ4n) is 7.23. The molecular formula is C38H39N4O6P. The molecule has 2 aliphatic heterocycles. The smallest absolute Gasteiger partial charge is 0.330 e. The minimum atomic E-state index is -1.58. The summed E-state index contributed by atoms with van der Waals surface area (Å²) in [5.41, 5.74) is -1.11. The molecule has 5 atom stereocenters. The highest BCUT2D eigenvalue weighted by atomic mass is 31.2. The Morgan fingerprint density at radius 1 is 1.02 bits per heavy atom. The van der Waals surface area contributed by atoms with Crippen LogP contribution in [0.2, 0.25) is 0 Å². The van der Waals surface area contributed by atoms with Crippen molar-refractivity contribution in [3.05, 3.63) is 104 Å². The molecule has 1 aromatic heterocycles. The molecule has 0 radical (unpaired) electrons. The van der Waals surface area contributed by atoms with Gasteiger partial charge in [0.25, 0.3) is 14.1 Å². The molecule has 49 heavy (non-hydrogen) atoms. The van der Waals surface area contributed by atoms with E-state index >= 15 is 0 Å². The number of H-pyrrole nitrogens is 1. The van der Waals surface area contributed by atoms with Crippen molar-refractivity contribution in [2.24, 2.45) is 0 Å². The van der Waals surface area contributed by atoms with Crippen molar-refractivity contribution in [1.29, 1.82) is 0 Å². The molecule has 2 bridgehead atoms. The minimum Gasteiger partial charge on any atom is -0.368 e. The summed E-state index contributed by atoms with van der Waals surface area (Å²) in [4.78, 5) is 32.3. The van der Waals surface area contributed by atoms with Gasteiger partial charge in [-0.15, -0.1) is 0 Å². The molecule has 5 aromatic rings. The third-order valence-corrected chi connectivity index (χ3v) is 11.6. The monoisotopic (exact) mass is 678 g/mol. The molecule has 2 unspecified atom stereocenters. The lowest BCUT2D eigenvalue weighted by Crippen LogP contribution is -2.43. The lowest BCUT2D eigenvalue weighted by Gasteiger charge is -2.38. The molecule has 2 aliphatic rings. The van der Waals surface area contributed by atoms with Crippen molar-refractivity contribution >= 4 is 40.8 Å². The van der Waals surface area contributed by atoms with Crippen molar-refractivity contribution in [2.45, 2.75) is 77.2 Å². The minimum absolute atomic E-state index is 0.115. The van der Waals surface area contributed by atoms with Crippen LogP contribution < -0.4 is 11.2 Å². The van der Waals surface area contributed by atoms with Crippen LogP contribution in [0.5, 0.6) is 0 Å². The SMILES string of the molecule is [C-]#[N+]CCOP(O[C@@H]1C2OC[C@]1(CC)O[C@H]2n1cc(C#Cc2ccc3ccc4cccc5ccc2c3c45)c(=O)[nH]c1=O)N(C(C)C)C(C)C. The van der Waals surface area contributed by atoms with E-state index in [0.29, 0.717) is 13.0 Å². The Labute approximate surface area is 286 Å². The molecule has 2 saturated heterocycles. The van der Waals surface area contributed by atoms with E-state index < -0.39 is 43.8 Å². The molecule has 4 aromatic carbocycles. The normalized spacial score (nSPS) is 22.5. The summed E-state index contributed by atoms with van der Waals surface area (Å²) in [6.45, 7) is 18.3. The molecule has 0 aliphatic carbocycles. The number of benzene rings is 4. The molecule has 0 amide bonds. The maximum absolute atomic E-state index is 13.3. The molecule has 252 valence electrons. The van der Waals surface area contributed by atoms with Crippen LogP contribution in [-0.2, 0) is 18.5 Å². The van der Waals surface area contributed by atoms with E-state index in [1.54, 1.807) is 0 Å². The van der Waals surface area contributed by atoms with Crippen LogP contribution in [0.4, 0.5) is 0 Å². The molecule has 1 N–H and O–H groups in total. The van der Waals surface area contributed by atoms with Crippen LogP contribution in [0.1, 0.15) is 58.4 Å². The number of hydrogen-bond donors (Lipinski definition) is 1. The summed E-state index contributed by atoms with van der Waals surface area (Å²) < 4.78 is 29.4. The van der Waals surface area contributed by atoms with Crippen LogP contribution in [0.3, 0.4) is 0 Å². The van der Waals surface area contributed by atoms with E-state index in [0.717, 1.165) is 32.5 Å². The van der Waals surface area contributed by atoms with Gasteiger partial charge in [0.2, 0.25) is 6.54 Å². The number of fused-ring (bicyclic) bond motifs is 2. The maximum Gasteiger partial charge on any atom is 0.330 e. The fraction of sp³-hybridized carbons (Fsp3) is 0.395. The molecule has 0 saturated carbocycles. The number of nitrogens with zero attached hydrogens (tertiary/aromatic N) is 3. The van der Waals surface area contributed by atoms with Crippen LogP contribution in [0.25, 0.3) is 37.2 Å². The zero-order valence-corrected chi connectivity index (χ0v) is 29.1. The molecular weight excluding hydrogens is 639 g/mol. The first-order chi connectivity index (χ1) is 23.7. The van der Waals surface area contributed by atoms with Gasteiger partial charge in [-0.1, -0.05) is 67.3 Å². The third kappa shape index (κ3) is 5.83. The van der Waals surface area contributed by atoms with E-state index in [2.05, 4.69) is 96.5 Å². The zero-order valence-electron chi connectivity index (χ0n) is 28.2. The van der Waals surface area contributed by atoms with Gasteiger partial charge in [0.15, 0.2) is 6.23 Å². The van der Waals surface area contributed by atoms with Gasteiger partial charge in [-0.05, 0) is 72.5 Å². The standard InChI is InChI=1S/C38H39N4O6P/c1-7-38-22-45-33(34(38)48-49(46-20-19-39-6)42(23(2)3)24(4)5)36(47-38)41-21-29(35(43)40-37(41)44)16-12-25-11-13-28-15-14-26-9-8-10-27-17-18-30(25)32(28)31(26)27/h8-11,13-15,17-18,21,23-24,33-34,36H,7,19-20,22H2,1-5H3,(H,40,43,44)/t33?,34-,36-,38+,49?/m1/s1. The second kappa shape index (κ2) is 13.3. The predicted molar refractivity (Wildman–Crippen MR) is 192 cm³/mol. The summed E-state index contributed by atoms with van der Waals surface area (Å²) >= 11 is 0. The first-order valence-corrected chi connectivity index (χ1v) is 17.8. The van der Waals surface area contributed by atoms with Gasteiger partial charge in [0.1, 0.15) is 30.0 Å². The van der Waals surface area contributed by atoms with Crippen LogP contribution in [0.15, 0.2) is 70.4 Å². The van der Waals surface area contributed by atoms with Crippen LogP contribution >= 0.6 is 8.53 Å². The number of aromatic amines is 1. The Morgan fingerprint density at radius 3 is 2.39 bits per heavy atom. The lowest BCUT2D eigenvalue weighted by molar-refractivity contribution is -0.175. The van der Waals surface area contributed by atoms with Gasteiger partial charge in [0, 0.05) is 23.8 Å². The number of ether oxygens (including phenoxy) is 2. The average molecular weight is 679 g/mol. The van der Waals surface area contributed by atoms with Gasteiger partial charge in [-0.2, -0.15) is 0 Å². The van der Waals surface area contributed by atoms with E-state index in [4.69, 9.17) is 25.1 Å². The van der Waals surface area contributed by atoms with Crippen molar-refractivity contribution in [3.8, 4) is 11.8 Å². The Kier molecular flexibility index (Phi) is 9.06. The summed E-state index contributed by atoms with van der Waals surface area (Å²) in [5, 5.41) is 6.77. The molecule has 0 spiro atoms. The highest BCUT2D eigenvalue weighted by Crippen LogP contribution is 2.55. The number of nitrogens with one attached hydrogen (secondary N) is 1. The highest BCUT2D eigenvalue weighted by molar-refractivity contribution is 7.44. The average Bonchev–Trinajstić information content (AvgIpc) is 3.58. The van der Waals surface area contributed by atoms with E-state index in [9.17, 15) is 9.59 Å². The lowest BCUT2D eigenvalue weighted by atomic mass is 9.92. The van der Waals surface area contributed by atoms with E-state index in [1.807, 2.05) is 19.1 Å². The third-order valence-electron chi connectivity index (χ3n) is 9.53. The molecule has 11 heteroatoms. The Morgan fingerprint density at radius 2 is 1.69 bits per heavy atom. The summed E-state index contributed by atoms with van der Waals surface area (Å²) in [6.07, 6.45) is -0.0175. The topological polar surface area (TPSA) is 99.4 Å². The predicted octanol–water partition coefficient (Wildman–Crippen LogP) is 6.58. The Hall–Kier alpha value is -4.12. The van der Waals surface area contributed by atoms with Crippen molar-refractivity contribution in [3.63, 3.8) is 0 Å². The summed E-state index contributed by atoms with van der Waals surface area (Å²) in [6, 6.07) is 18.9. The summed E-state index contributed by atoms with van der Waals surface area (Å²) in [5.74, 6) is 6.26. The number of rotatable bonds is 10. The van der Waals surface area contributed by atoms with E-state index in [1.165, 1.54) is 16.2 Å². The highest BCUT2D eigenvalue weighted by Gasteiger charge is 2.63. The van der Waals surface area contributed by atoms with Gasteiger partial charge in [-0.25, -0.2) is 16.0 Å². The number of aromatic nitrogens is 2. The molecule has 2 fully saturated rings. The fourth-order valence-corrected chi connectivity index (χ4v) is 9.03. The van der Waals surface area contributed by atoms with Gasteiger partial charge < -0.3 is 23.4 Å². The van der Waals surface area contributed by atoms with Crippen LogP contribution in [-0.4, -0.2) is 63.9 Å². The quantitative estimate of drug-likeness (QED) is 0.0586. The second-order valence-electron chi connectivity index (χ2n) is 13.2. The van der Waals surface area contributed by atoms with Crippen LogP contribution in [0, 0.1) is 18.4 Å². The summed E-state index contributed by atoms with van der Waals surface area (Å²) in [7, 11) is -1.58. The van der Waals surface area contributed by atoms with Gasteiger partial charge in [0.05, 0.1) is 6.61 Å². The molecule has 10 nitrogen and oxygen atoms in total. The largest absolute Gasteiger partial charge is 0.368 e. The first kappa shape index (κ1) is 33.4. The van der Waals surface area contributed by atoms with Gasteiger partial charge >= 0.3 is 5.69 Å². The number of hydrogen-bond acceptors (Lipinski definition) is 7. The molecule has 7 rings (SSSR count). The maximum atomic E-state index is 13.3.